The zero-order valence-electron chi connectivity index (χ0n) is 41.1. The lowest BCUT2D eigenvalue weighted by atomic mass is 10.1. The summed E-state index contributed by atoms with van der Waals surface area (Å²) in [7, 11) is 0. The van der Waals surface area contributed by atoms with E-state index in [4.69, 9.17) is 5.11 Å². The highest BCUT2D eigenvalue weighted by molar-refractivity contribution is 9.10. The number of carboxylic acid groups (broad SMARTS) is 6. The van der Waals surface area contributed by atoms with Gasteiger partial charge < -0.3 is 56.8 Å². The quantitative estimate of drug-likeness (QED) is 0.0482. The van der Waals surface area contributed by atoms with Crippen LogP contribution in [0.2, 0.25) is 0 Å². The SMILES string of the molecule is O=C(O)CC[C@@H](NC(=O)N[C@H](CCCCN(Cc1ccc(Br)cc1)C(=O)c1ccc(CNC(=O)CCCCNC(=O)CN2CCN(CC(=O)O)CCN(CC(=O)O)CCN(CC(=O)O)CC2)cc1)C(=O)O)C(=O)O. The minimum Gasteiger partial charge on any atom is -0.481 e. The summed E-state index contributed by atoms with van der Waals surface area (Å²) >= 11 is 3.40. The van der Waals surface area contributed by atoms with E-state index in [0.29, 0.717) is 37.9 Å². The molecule has 26 heteroatoms. The van der Waals surface area contributed by atoms with E-state index in [9.17, 15) is 73.5 Å². The highest BCUT2D eigenvalue weighted by atomic mass is 79.9. The number of rotatable bonds is 30. The topological polar surface area (TPSA) is 356 Å². The van der Waals surface area contributed by atoms with Crippen LogP contribution in [0, 0.1) is 0 Å². The van der Waals surface area contributed by atoms with Crippen molar-refractivity contribution in [2.45, 2.75) is 76.5 Å². The van der Waals surface area contributed by atoms with Gasteiger partial charge in [-0.25, -0.2) is 14.4 Å². The van der Waals surface area contributed by atoms with Gasteiger partial charge in [0.1, 0.15) is 12.1 Å². The van der Waals surface area contributed by atoms with Crippen molar-refractivity contribution in [2.75, 3.05) is 91.6 Å². The highest BCUT2D eigenvalue weighted by Crippen LogP contribution is 2.17. The Morgan fingerprint density at radius 2 is 0.986 bits per heavy atom. The molecule has 74 heavy (non-hydrogen) atoms. The lowest BCUT2D eigenvalue weighted by Crippen LogP contribution is -2.51. The smallest absolute Gasteiger partial charge is 0.326 e. The molecule has 0 unspecified atom stereocenters. The molecule has 0 radical (unpaired) electrons. The zero-order chi connectivity index (χ0) is 54.6. The number of hydrogen-bond acceptors (Lipinski definition) is 14. The molecule has 408 valence electrons. The predicted molar refractivity (Wildman–Crippen MR) is 268 cm³/mol. The van der Waals surface area contributed by atoms with E-state index < -0.39 is 66.8 Å². The van der Waals surface area contributed by atoms with Gasteiger partial charge >= 0.3 is 41.8 Å². The lowest BCUT2D eigenvalue weighted by Gasteiger charge is -2.32. The van der Waals surface area contributed by atoms with Gasteiger partial charge in [-0.3, -0.25) is 53.2 Å². The molecule has 1 heterocycles. The minimum absolute atomic E-state index is 0.0295. The van der Waals surface area contributed by atoms with Crippen LogP contribution in [0.15, 0.2) is 53.0 Å². The Morgan fingerprint density at radius 1 is 0.514 bits per heavy atom. The van der Waals surface area contributed by atoms with Crippen LogP contribution in [0.5, 0.6) is 0 Å². The van der Waals surface area contributed by atoms with Gasteiger partial charge in [-0.15, -0.1) is 0 Å². The van der Waals surface area contributed by atoms with Crippen LogP contribution in [-0.2, 0) is 51.4 Å². The normalized spacial score (nSPS) is 15.0. The van der Waals surface area contributed by atoms with Crippen LogP contribution in [0.1, 0.15) is 72.9 Å². The first-order valence-electron chi connectivity index (χ1n) is 24.1. The number of halogens is 1. The second kappa shape index (κ2) is 33.2. The fourth-order valence-electron chi connectivity index (χ4n) is 7.77. The number of amides is 5. The molecule has 1 fully saturated rings. The summed E-state index contributed by atoms with van der Waals surface area (Å²) in [5, 5.41) is 66.2. The maximum atomic E-state index is 13.9. The standard InChI is InChI=1S/C48H68BrN9O16/c49-36-13-9-34(10-14-36)28-58(18-4-2-5-37(46(70)71)52-48(74)53-38(47(72)73)15-16-41(61)62)45(69)35-11-7-33(8-12-35)27-51-39(59)6-1-3-17-50-40(60)29-54-19-21-55(30-42(63)64)23-25-57(32-44(67)68)26-24-56(22-20-54)31-43(65)66/h7-14,37-38H,1-6,15-32H2,(H,50,60)(H,51,59)(H,61,62)(H,63,64)(H,65,66)(H,67,68)(H,70,71)(H,72,73)(H2,52,53,74)/t37-,38-/m1/s1. The molecule has 1 aliphatic heterocycles. The van der Waals surface area contributed by atoms with Crippen LogP contribution in [0.3, 0.4) is 0 Å². The molecule has 2 aromatic carbocycles. The van der Waals surface area contributed by atoms with Gasteiger partial charge in [-0.2, -0.15) is 0 Å². The Kier molecular flexibility index (Phi) is 27.6. The zero-order valence-corrected chi connectivity index (χ0v) is 42.7. The average Bonchev–Trinajstić information content (AvgIpc) is 3.33. The average molecular weight is 1110 g/mol. The fraction of sp³-hybridized carbons (Fsp3) is 0.542. The highest BCUT2D eigenvalue weighted by Gasteiger charge is 2.26. The van der Waals surface area contributed by atoms with Gasteiger partial charge in [-0.1, -0.05) is 40.2 Å². The molecule has 25 nitrogen and oxygen atoms in total. The van der Waals surface area contributed by atoms with E-state index in [0.717, 1.165) is 15.6 Å². The summed E-state index contributed by atoms with van der Waals surface area (Å²) in [6.07, 6.45) is 0.770. The van der Waals surface area contributed by atoms with Crippen molar-refractivity contribution in [1.82, 2.24) is 45.8 Å². The number of nitrogens with zero attached hydrogens (tertiary/aromatic N) is 5. The third kappa shape index (κ3) is 25.8. The van der Waals surface area contributed by atoms with Gasteiger partial charge in [0.05, 0.1) is 26.2 Å². The van der Waals surface area contributed by atoms with Gasteiger partial charge in [0.25, 0.3) is 5.91 Å². The molecule has 0 aliphatic carbocycles. The summed E-state index contributed by atoms with van der Waals surface area (Å²) < 4.78 is 0.842. The summed E-state index contributed by atoms with van der Waals surface area (Å²) in [6.45, 7) is 2.24. The fourth-order valence-corrected chi connectivity index (χ4v) is 8.04. The van der Waals surface area contributed by atoms with Crippen molar-refractivity contribution in [3.63, 3.8) is 0 Å². The van der Waals surface area contributed by atoms with E-state index in [1.165, 1.54) is 0 Å². The summed E-state index contributed by atoms with van der Waals surface area (Å²) in [5.74, 6) is -8.08. The van der Waals surface area contributed by atoms with E-state index in [1.807, 2.05) is 29.2 Å². The van der Waals surface area contributed by atoms with E-state index >= 15 is 0 Å². The molecule has 2 aromatic rings. The number of unbranched alkanes of at least 4 members (excludes halogenated alkanes) is 2. The first-order chi connectivity index (χ1) is 35.2. The van der Waals surface area contributed by atoms with Crippen LogP contribution >= 0.6 is 15.9 Å². The maximum absolute atomic E-state index is 13.9. The number of carbonyl (C=O) groups is 10. The summed E-state index contributed by atoms with van der Waals surface area (Å²) in [4.78, 5) is 129. The number of aliphatic carboxylic acids is 6. The van der Waals surface area contributed by atoms with Crippen LogP contribution in [0.4, 0.5) is 4.79 Å². The summed E-state index contributed by atoms with van der Waals surface area (Å²) in [5.41, 5.74) is 1.93. The van der Waals surface area contributed by atoms with Crippen molar-refractivity contribution < 1.29 is 78.6 Å². The van der Waals surface area contributed by atoms with Crippen LogP contribution < -0.4 is 21.3 Å². The molecule has 0 bridgehead atoms. The van der Waals surface area contributed by atoms with E-state index in [-0.39, 0.29) is 129 Å². The van der Waals surface area contributed by atoms with Gasteiger partial charge in [0.15, 0.2) is 0 Å². The van der Waals surface area contributed by atoms with Crippen molar-refractivity contribution in [2.24, 2.45) is 0 Å². The number of nitrogens with one attached hydrogen (secondary N) is 4. The van der Waals surface area contributed by atoms with Gasteiger partial charge in [-0.05, 0) is 73.9 Å². The van der Waals surface area contributed by atoms with Crippen LogP contribution in [-0.4, -0.2) is 218 Å². The molecule has 5 amide bonds. The Labute approximate surface area is 436 Å². The Hall–Kier alpha value is -6.74. The van der Waals surface area contributed by atoms with Crippen molar-refractivity contribution in [3.8, 4) is 0 Å². The second-order valence-electron chi connectivity index (χ2n) is 17.7. The number of urea groups is 1. The molecular weight excluding hydrogens is 1040 g/mol. The van der Waals surface area contributed by atoms with Crippen molar-refractivity contribution >= 4 is 75.5 Å². The number of carboxylic acids is 6. The number of benzene rings is 2. The largest absolute Gasteiger partial charge is 0.481 e. The predicted octanol–water partition coefficient (Wildman–Crippen LogP) is 0.710. The Balaban J connectivity index is 1.48. The number of hydrogen-bond donors (Lipinski definition) is 10. The maximum Gasteiger partial charge on any atom is 0.326 e. The van der Waals surface area contributed by atoms with Gasteiger partial charge in [0.2, 0.25) is 11.8 Å². The summed E-state index contributed by atoms with van der Waals surface area (Å²) in [6, 6.07) is 10.1. The molecule has 1 saturated heterocycles. The molecule has 1 aliphatic rings. The second-order valence-corrected chi connectivity index (χ2v) is 18.7. The lowest BCUT2D eigenvalue weighted by molar-refractivity contribution is -0.141. The third-order valence-electron chi connectivity index (χ3n) is 11.8. The molecule has 2 atom stereocenters. The molecule has 0 saturated carbocycles. The molecule has 0 aromatic heterocycles. The number of carbonyl (C=O) groups excluding carboxylic acids is 4. The molecule has 0 spiro atoms. The third-order valence-corrected chi connectivity index (χ3v) is 12.3. The van der Waals surface area contributed by atoms with Crippen LogP contribution in [0.25, 0.3) is 0 Å². The van der Waals surface area contributed by atoms with E-state index in [1.54, 1.807) is 43.9 Å². The first kappa shape index (κ1) is 61.6. The molecule has 3 rings (SSSR count). The molecule has 10 N–H and O–H groups in total. The Bertz CT molecular complexity index is 2170. The van der Waals surface area contributed by atoms with Gasteiger partial charge in [0, 0.05) is 101 Å². The van der Waals surface area contributed by atoms with E-state index in [2.05, 4.69) is 37.2 Å². The van der Waals surface area contributed by atoms with Crippen molar-refractivity contribution in [1.29, 1.82) is 0 Å². The monoisotopic (exact) mass is 1110 g/mol. The minimum atomic E-state index is -1.54. The van der Waals surface area contributed by atoms with Crippen molar-refractivity contribution in [3.05, 3.63) is 69.7 Å². The first-order valence-corrected chi connectivity index (χ1v) is 24.9. The Morgan fingerprint density at radius 3 is 1.46 bits per heavy atom. The molecular formula is C48H68BrN9O16.